The van der Waals surface area contributed by atoms with Crippen LogP contribution in [0.1, 0.15) is 31.9 Å². The van der Waals surface area contributed by atoms with Crippen molar-refractivity contribution in [3.8, 4) is 0 Å². The van der Waals surface area contributed by atoms with Crippen LogP contribution >= 0.6 is 0 Å². The maximum atomic E-state index is 4.30. The molecule has 2 heteroatoms. The van der Waals surface area contributed by atoms with Gasteiger partial charge >= 0.3 is 0 Å². The van der Waals surface area contributed by atoms with Gasteiger partial charge in [-0.1, -0.05) is 20.8 Å². The third-order valence-corrected chi connectivity index (χ3v) is 2.54. The lowest BCUT2D eigenvalue weighted by molar-refractivity contribution is 0.585. The highest BCUT2D eigenvalue weighted by Crippen LogP contribution is 2.26. The normalized spacial score (nSPS) is 12.3. The Hall–Kier alpha value is -1.31. The number of hydrogen-bond donors (Lipinski definition) is 0. The van der Waals surface area contributed by atoms with E-state index in [2.05, 4.69) is 49.3 Å². The molecule has 0 aliphatic carbocycles. The topological polar surface area (TPSA) is 17.3 Å². The number of nitrogens with zero attached hydrogens (tertiary/aromatic N) is 2. The summed E-state index contributed by atoms with van der Waals surface area (Å²) in [7, 11) is 0. The lowest BCUT2D eigenvalue weighted by Gasteiger charge is -2.21. The minimum atomic E-state index is 0.192. The van der Waals surface area contributed by atoms with Crippen molar-refractivity contribution in [1.29, 1.82) is 0 Å². The van der Waals surface area contributed by atoms with Crippen LogP contribution in [0.2, 0.25) is 0 Å². The van der Waals surface area contributed by atoms with Gasteiger partial charge in [0.15, 0.2) is 0 Å². The molecule has 2 aromatic rings. The van der Waals surface area contributed by atoms with E-state index in [-0.39, 0.29) is 5.41 Å². The average Bonchev–Trinajstić information content (AvgIpc) is 2.47. The minimum absolute atomic E-state index is 0.192. The molecule has 0 fully saturated rings. The molecule has 0 unspecified atom stereocenters. The summed E-state index contributed by atoms with van der Waals surface area (Å²) in [6.07, 6.45) is 5.96. The quantitative estimate of drug-likeness (QED) is 0.621. The molecule has 0 aliphatic heterocycles. The predicted molar refractivity (Wildman–Crippen MR) is 58.6 cm³/mol. The number of pyridine rings is 1. The molecule has 14 heavy (non-hydrogen) atoms. The third kappa shape index (κ3) is 1.41. The fourth-order valence-corrected chi connectivity index (χ4v) is 1.87. The summed E-state index contributed by atoms with van der Waals surface area (Å²) in [4.78, 5) is 4.30. The Bertz CT molecular complexity index is 461. The molecule has 0 amide bonds. The summed E-state index contributed by atoms with van der Waals surface area (Å²) in [5, 5.41) is 0. The van der Waals surface area contributed by atoms with Gasteiger partial charge in [-0.2, -0.15) is 0 Å². The van der Waals surface area contributed by atoms with E-state index < -0.39 is 0 Å². The minimum Gasteiger partial charge on any atom is -0.307 e. The van der Waals surface area contributed by atoms with Crippen LogP contribution in [0, 0.1) is 6.92 Å². The van der Waals surface area contributed by atoms with E-state index in [9.17, 15) is 0 Å². The summed E-state index contributed by atoms with van der Waals surface area (Å²) in [5.74, 6) is 0. The summed E-state index contributed by atoms with van der Waals surface area (Å²) in [6, 6.07) is 2.18. The highest BCUT2D eigenvalue weighted by molar-refractivity contribution is 5.46. The van der Waals surface area contributed by atoms with Crippen molar-refractivity contribution in [2.24, 2.45) is 0 Å². The first-order valence-electron chi connectivity index (χ1n) is 4.92. The molecule has 2 rings (SSSR count). The van der Waals surface area contributed by atoms with Gasteiger partial charge in [-0.3, -0.25) is 0 Å². The molecule has 0 N–H and O–H groups in total. The number of fused-ring (bicyclic) bond motifs is 1. The van der Waals surface area contributed by atoms with Crippen molar-refractivity contribution in [1.82, 2.24) is 9.38 Å². The maximum Gasteiger partial charge on any atom is 0.136 e. The highest BCUT2D eigenvalue weighted by atomic mass is 15.0. The molecule has 0 saturated heterocycles. The van der Waals surface area contributed by atoms with E-state index in [0.717, 1.165) is 5.65 Å². The molecule has 2 nitrogen and oxygen atoms in total. The zero-order valence-corrected chi connectivity index (χ0v) is 9.20. The van der Waals surface area contributed by atoms with Gasteiger partial charge in [0.25, 0.3) is 0 Å². The summed E-state index contributed by atoms with van der Waals surface area (Å²) in [5.41, 5.74) is 3.91. The highest BCUT2D eigenvalue weighted by Gasteiger charge is 2.16. The van der Waals surface area contributed by atoms with Crippen LogP contribution in [0.3, 0.4) is 0 Å². The Labute approximate surface area is 84.6 Å². The second-order valence-electron chi connectivity index (χ2n) is 4.81. The zero-order valence-electron chi connectivity index (χ0n) is 9.20. The number of aryl methyl sites for hydroxylation is 1. The van der Waals surface area contributed by atoms with Crippen molar-refractivity contribution in [3.63, 3.8) is 0 Å². The Balaban J connectivity index is 2.71. The monoisotopic (exact) mass is 188 g/mol. The molecule has 2 heterocycles. The Morgan fingerprint density at radius 1 is 1.29 bits per heavy atom. The van der Waals surface area contributed by atoms with Crippen molar-refractivity contribution in [3.05, 3.63) is 35.8 Å². The van der Waals surface area contributed by atoms with Gasteiger partial charge in [0, 0.05) is 18.6 Å². The van der Waals surface area contributed by atoms with Gasteiger partial charge in [-0.25, -0.2) is 4.98 Å². The van der Waals surface area contributed by atoms with Gasteiger partial charge in [0.2, 0.25) is 0 Å². The first-order valence-corrected chi connectivity index (χ1v) is 4.92. The fourth-order valence-electron chi connectivity index (χ4n) is 1.87. The molecule has 0 atom stereocenters. The lowest BCUT2D eigenvalue weighted by Crippen LogP contribution is -2.13. The van der Waals surface area contributed by atoms with E-state index in [1.807, 2.05) is 12.4 Å². The second kappa shape index (κ2) is 2.84. The van der Waals surface area contributed by atoms with Crippen LogP contribution in [0.15, 0.2) is 24.7 Å². The van der Waals surface area contributed by atoms with Crippen molar-refractivity contribution < 1.29 is 0 Å². The van der Waals surface area contributed by atoms with Crippen LogP contribution in [0.4, 0.5) is 0 Å². The van der Waals surface area contributed by atoms with Crippen molar-refractivity contribution in [2.45, 2.75) is 33.1 Å². The van der Waals surface area contributed by atoms with Crippen LogP contribution in [-0.4, -0.2) is 9.38 Å². The van der Waals surface area contributed by atoms with Crippen LogP contribution in [0.25, 0.3) is 5.65 Å². The Morgan fingerprint density at radius 2 is 2.00 bits per heavy atom. The summed E-state index contributed by atoms with van der Waals surface area (Å²) in [6.45, 7) is 8.85. The molecule has 2 aromatic heterocycles. The molecule has 0 saturated carbocycles. The Kier molecular flexibility index (Phi) is 1.88. The average molecular weight is 188 g/mol. The van der Waals surface area contributed by atoms with Crippen molar-refractivity contribution >= 4 is 5.65 Å². The molecular formula is C12H16N2. The van der Waals surface area contributed by atoms with E-state index in [1.54, 1.807) is 0 Å². The van der Waals surface area contributed by atoms with Gasteiger partial charge in [0.1, 0.15) is 5.65 Å². The maximum absolute atomic E-state index is 4.30. The molecular weight excluding hydrogens is 172 g/mol. The second-order valence-corrected chi connectivity index (χ2v) is 4.81. The molecule has 0 bridgehead atoms. The SMILES string of the molecule is Cc1cn2ccnc2cc1C(C)(C)C. The molecule has 0 spiro atoms. The van der Waals surface area contributed by atoms with Gasteiger partial charge in [-0.15, -0.1) is 0 Å². The lowest BCUT2D eigenvalue weighted by atomic mass is 9.85. The molecule has 0 aliphatic rings. The zero-order chi connectivity index (χ0) is 10.3. The van der Waals surface area contributed by atoms with Crippen LogP contribution in [0.5, 0.6) is 0 Å². The van der Waals surface area contributed by atoms with E-state index >= 15 is 0 Å². The predicted octanol–water partition coefficient (Wildman–Crippen LogP) is 2.94. The fraction of sp³-hybridized carbons (Fsp3) is 0.417. The van der Waals surface area contributed by atoms with Gasteiger partial charge < -0.3 is 4.40 Å². The smallest absolute Gasteiger partial charge is 0.136 e. The van der Waals surface area contributed by atoms with E-state index in [4.69, 9.17) is 0 Å². The van der Waals surface area contributed by atoms with Crippen molar-refractivity contribution in [2.75, 3.05) is 0 Å². The first-order chi connectivity index (χ1) is 6.48. The van der Waals surface area contributed by atoms with E-state index in [0.29, 0.717) is 0 Å². The Morgan fingerprint density at radius 3 is 2.64 bits per heavy atom. The number of imidazole rings is 1. The van der Waals surface area contributed by atoms with E-state index in [1.165, 1.54) is 11.1 Å². The molecule has 0 radical (unpaired) electrons. The standard InChI is InChI=1S/C12H16N2/c1-9-8-14-6-5-13-11(14)7-10(9)12(2,3)4/h5-8H,1-4H3. The van der Waals surface area contributed by atoms with Gasteiger partial charge in [-0.05, 0) is 29.5 Å². The molecule has 0 aromatic carbocycles. The largest absolute Gasteiger partial charge is 0.307 e. The first kappa shape index (κ1) is 9.25. The number of aromatic nitrogens is 2. The third-order valence-electron chi connectivity index (χ3n) is 2.54. The van der Waals surface area contributed by atoms with Crippen LogP contribution in [-0.2, 0) is 5.41 Å². The van der Waals surface area contributed by atoms with Gasteiger partial charge in [0.05, 0.1) is 0 Å². The number of hydrogen-bond acceptors (Lipinski definition) is 1. The number of rotatable bonds is 0. The summed E-state index contributed by atoms with van der Waals surface area (Å²) < 4.78 is 2.06. The summed E-state index contributed by atoms with van der Waals surface area (Å²) >= 11 is 0. The van der Waals surface area contributed by atoms with Crippen LogP contribution < -0.4 is 0 Å². The molecule has 74 valence electrons.